The molecule has 3 N–H and O–H groups in total. The molecule has 0 unspecified atom stereocenters. The second kappa shape index (κ2) is 12.4. The molecule has 2 atom stereocenters. The topological polar surface area (TPSA) is 87.7 Å². The molecule has 0 saturated heterocycles. The Bertz CT molecular complexity index is 1360. The van der Waals surface area contributed by atoms with Crippen LogP contribution in [0.1, 0.15) is 28.2 Å². The largest absolute Gasteiger partial charge is 0.480 e. The van der Waals surface area contributed by atoms with Crippen molar-refractivity contribution in [3.8, 4) is 11.1 Å². The Morgan fingerprint density at radius 2 is 1.23 bits per heavy atom. The van der Waals surface area contributed by atoms with E-state index in [0.717, 1.165) is 22.3 Å². The predicted molar refractivity (Wildman–Crippen MR) is 152 cm³/mol. The number of fused-ring (bicyclic) bond motifs is 3. The van der Waals surface area contributed by atoms with Gasteiger partial charge >= 0.3 is 12.1 Å². The van der Waals surface area contributed by atoms with Crippen molar-refractivity contribution in [2.75, 3.05) is 13.2 Å². The summed E-state index contributed by atoms with van der Waals surface area (Å²) in [7, 11) is 0. The minimum atomic E-state index is -0.932. The van der Waals surface area contributed by atoms with Crippen molar-refractivity contribution in [2.24, 2.45) is 0 Å². The highest BCUT2D eigenvalue weighted by Crippen LogP contribution is 2.44. The Morgan fingerprint density at radius 1 is 0.718 bits per heavy atom. The van der Waals surface area contributed by atoms with E-state index in [9.17, 15) is 14.7 Å². The number of carbonyl (C=O) groups excluding carboxylic acids is 1. The molecule has 0 spiro atoms. The van der Waals surface area contributed by atoms with Crippen LogP contribution >= 0.6 is 0 Å². The minimum Gasteiger partial charge on any atom is -0.480 e. The minimum absolute atomic E-state index is 0.0314. The van der Waals surface area contributed by atoms with Gasteiger partial charge in [0.1, 0.15) is 12.6 Å². The fourth-order valence-electron chi connectivity index (χ4n) is 5.26. The summed E-state index contributed by atoms with van der Waals surface area (Å²) in [6.07, 6.45) is 0.365. The maximum atomic E-state index is 13.0. The fraction of sp³-hybridized carbons (Fsp3) is 0.212. The highest BCUT2D eigenvalue weighted by molar-refractivity contribution is 5.79. The lowest BCUT2D eigenvalue weighted by atomic mass is 9.98. The van der Waals surface area contributed by atoms with E-state index in [1.807, 2.05) is 84.9 Å². The summed E-state index contributed by atoms with van der Waals surface area (Å²) in [5.74, 6) is -0.963. The van der Waals surface area contributed by atoms with Gasteiger partial charge in [0.2, 0.25) is 0 Å². The third kappa shape index (κ3) is 6.54. The van der Waals surface area contributed by atoms with Crippen LogP contribution in [0.4, 0.5) is 4.79 Å². The molecule has 0 aliphatic heterocycles. The van der Waals surface area contributed by atoms with Gasteiger partial charge in [-0.3, -0.25) is 4.79 Å². The van der Waals surface area contributed by atoms with Crippen LogP contribution in [0.3, 0.4) is 0 Å². The maximum absolute atomic E-state index is 13.0. The quantitative estimate of drug-likeness (QED) is 0.246. The number of carboxylic acid groups (broad SMARTS) is 1. The van der Waals surface area contributed by atoms with Crippen LogP contribution in [0.2, 0.25) is 0 Å². The lowest BCUT2D eigenvalue weighted by Crippen LogP contribution is -2.49. The van der Waals surface area contributed by atoms with Gasteiger partial charge < -0.3 is 20.5 Å². The molecule has 6 heteroatoms. The van der Waals surface area contributed by atoms with Crippen LogP contribution in [0.15, 0.2) is 109 Å². The molecule has 198 valence electrons. The van der Waals surface area contributed by atoms with E-state index in [1.165, 1.54) is 11.1 Å². The summed E-state index contributed by atoms with van der Waals surface area (Å²) in [5.41, 5.74) is 6.62. The number of alkyl carbamates (subject to hydrolysis) is 1. The molecule has 0 aromatic heterocycles. The number of ether oxygens (including phenoxy) is 1. The van der Waals surface area contributed by atoms with Crippen LogP contribution in [0, 0.1) is 0 Å². The van der Waals surface area contributed by atoms with Gasteiger partial charge in [0, 0.05) is 18.5 Å². The first-order valence-electron chi connectivity index (χ1n) is 13.2. The number of carboxylic acids is 1. The molecule has 4 aromatic rings. The average Bonchev–Trinajstić information content (AvgIpc) is 3.28. The van der Waals surface area contributed by atoms with Crippen molar-refractivity contribution in [2.45, 2.75) is 30.8 Å². The molecule has 5 rings (SSSR count). The first-order chi connectivity index (χ1) is 19.1. The van der Waals surface area contributed by atoms with Crippen molar-refractivity contribution in [3.05, 3.63) is 131 Å². The number of hydrogen-bond acceptors (Lipinski definition) is 4. The number of benzene rings is 4. The molecular weight excluding hydrogens is 488 g/mol. The third-order valence-corrected chi connectivity index (χ3v) is 7.18. The number of hydrogen-bond donors (Lipinski definition) is 3. The van der Waals surface area contributed by atoms with Crippen molar-refractivity contribution < 1.29 is 19.4 Å². The zero-order chi connectivity index (χ0) is 27.0. The first kappa shape index (κ1) is 26.2. The molecule has 1 amide bonds. The van der Waals surface area contributed by atoms with E-state index >= 15 is 0 Å². The van der Waals surface area contributed by atoms with E-state index in [-0.39, 0.29) is 25.1 Å². The molecule has 6 nitrogen and oxygen atoms in total. The van der Waals surface area contributed by atoms with Gasteiger partial charge in [-0.1, -0.05) is 109 Å². The molecule has 0 heterocycles. The summed E-state index contributed by atoms with van der Waals surface area (Å²) >= 11 is 0. The monoisotopic (exact) mass is 520 g/mol. The van der Waals surface area contributed by atoms with Gasteiger partial charge in [-0.2, -0.15) is 0 Å². The Hall–Kier alpha value is -4.42. The van der Waals surface area contributed by atoms with E-state index in [2.05, 4.69) is 34.9 Å². The van der Waals surface area contributed by atoms with Crippen molar-refractivity contribution in [3.63, 3.8) is 0 Å². The smallest absolute Gasteiger partial charge is 0.407 e. The molecule has 1 aliphatic rings. The van der Waals surface area contributed by atoms with Crippen molar-refractivity contribution in [1.29, 1.82) is 0 Å². The number of aliphatic carboxylic acids is 1. The normalized spacial score (nSPS) is 13.6. The Balaban J connectivity index is 1.24. The summed E-state index contributed by atoms with van der Waals surface area (Å²) in [6, 6.07) is 34.6. The van der Waals surface area contributed by atoms with Gasteiger partial charge in [0.05, 0.1) is 0 Å². The van der Waals surface area contributed by atoms with E-state index in [1.54, 1.807) is 0 Å². The fourth-order valence-corrected chi connectivity index (χ4v) is 5.26. The van der Waals surface area contributed by atoms with Gasteiger partial charge in [-0.25, -0.2) is 4.79 Å². The average molecular weight is 521 g/mol. The predicted octanol–water partition coefficient (Wildman–Crippen LogP) is 5.42. The molecule has 4 aromatic carbocycles. The molecular formula is C33H32N2O4. The number of carbonyl (C=O) groups is 2. The van der Waals surface area contributed by atoms with Crippen LogP contribution in [-0.4, -0.2) is 42.4 Å². The van der Waals surface area contributed by atoms with E-state index in [4.69, 9.17) is 4.74 Å². The van der Waals surface area contributed by atoms with Gasteiger partial charge in [-0.15, -0.1) is 0 Å². The standard InChI is InChI=1S/C33H32N2O4/c36-32(37)31(20-24-13-5-2-6-14-24)34-21-25(19-23-11-3-1-4-12-23)35-33(38)39-22-30-28-17-9-7-15-26(28)27-16-8-10-18-29(27)30/h1-18,25,30-31,34H,19-22H2,(H,35,38)(H,36,37)/t25-,31+/m1/s1. The Labute approximate surface area is 228 Å². The molecule has 39 heavy (non-hydrogen) atoms. The molecule has 0 fully saturated rings. The van der Waals surface area contributed by atoms with Crippen molar-refractivity contribution >= 4 is 12.1 Å². The van der Waals surface area contributed by atoms with E-state index in [0.29, 0.717) is 12.8 Å². The van der Waals surface area contributed by atoms with Gasteiger partial charge in [0.25, 0.3) is 0 Å². The van der Waals surface area contributed by atoms with Crippen LogP contribution < -0.4 is 10.6 Å². The Kier molecular flexibility index (Phi) is 8.34. The zero-order valence-corrected chi connectivity index (χ0v) is 21.6. The van der Waals surface area contributed by atoms with E-state index < -0.39 is 18.1 Å². The van der Waals surface area contributed by atoms with Crippen molar-refractivity contribution in [1.82, 2.24) is 10.6 Å². The summed E-state index contributed by atoms with van der Waals surface area (Å²) < 4.78 is 5.76. The number of nitrogens with one attached hydrogen (secondary N) is 2. The molecule has 1 aliphatic carbocycles. The lowest BCUT2D eigenvalue weighted by Gasteiger charge is -2.23. The number of amides is 1. The van der Waals surface area contributed by atoms with Crippen LogP contribution in [0.5, 0.6) is 0 Å². The highest BCUT2D eigenvalue weighted by Gasteiger charge is 2.29. The zero-order valence-electron chi connectivity index (χ0n) is 21.6. The van der Waals surface area contributed by atoms with Crippen LogP contribution in [0.25, 0.3) is 11.1 Å². The second-order valence-corrected chi connectivity index (χ2v) is 9.85. The summed E-state index contributed by atoms with van der Waals surface area (Å²) in [5, 5.41) is 15.9. The number of rotatable bonds is 11. The van der Waals surface area contributed by atoms with Crippen LogP contribution in [-0.2, 0) is 22.4 Å². The highest BCUT2D eigenvalue weighted by atomic mass is 16.5. The summed E-state index contributed by atoms with van der Waals surface area (Å²) in [6.45, 7) is 0.500. The maximum Gasteiger partial charge on any atom is 0.407 e. The second-order valence-electron chi connectivity index (χ2n) is 9.85. The summed E-state index contributed by atoms with van der Waals surface area (Å²) in [4.78, 5) is 25.0. The molecule has 0 radical (unpaired) electrons. The first-order valence-corrected chi connectivity index (χ1v) is 13.2. The van der Waals surface area contributed by atoms with Gasteiger partial charge in [0.15, 0.2) is 0 Å². The van der Waals surface area contributed by atoms with Gasteiger partial charge in [-0.05, 0) is 46.2 Å². The molecule has 0 bridgehead atoms. The third-order valence-electron chi connectivity index (χ3n) is 7.18. The lowest BCUT2D eigenvalue weighted by molar-refractivity contribution is -0.139. The Morgan fingerprint density at radius 3 is 1.79 bits per heavy atom. The SMILES string of the molecule is O=C(N[C@@H](CN[C@@H](Cc1ccccc1)C(=O)O)Cc1ccccc1)OCC1c2ccccc2-c2ccccc21. The molecule has 0 saturated carbocycles.